The Labute approximate surface area is 165 Å². The van der Waals surface area contributed by atoms with Gasteiger partial charge < -0.3 is 15.4 Å². The molecule has 0 aliphatic carbocycles. The van der Waals surface area contributed by atoms with Gasteiger partial charge in [-0.15, -0.1) is 0 Å². The number of halogens is 2. The summed E-state index contributed by atoms with van der Waals surface area (Å²) in [6.45, 7) is 7.87. The van der Waals surface area contributed by atoms with Crippen molar-refractivity contribution in [2.45, 2.75) is 13.2 Å². The predicted molar refractivity (Wildman–Crippen MR) is 108 cm³/mol. The van der Waals surface area contributed by atoms with Gasteiger partial charge in [-0.25, -0.2) is 0 Å². The zero-order valence-corrected chi connectivity index (χ0v) is 16.3. The average Bonchev–Trinajstić information content (AvgIpc) is 2.67. The highest BCUT2D eigenvalue weighted by Crippen LogP contribution is 2.23. The van der Waals surface area contributed by atoms with Crippen LogP contribution < -0.4 is 15.4 Å². The van der Waals surface area contributed by atoms with Crippen LogP contribution in [0.1, 0.15) is 11.1 Å². The van der Waals surface area contributed by atoms with Crippen LogP contribution >= 0.6 is 23.2 Å². The first-order chi connectivity index (χ1) is 12.7. The minimum absolute atomic E-state index is 0.469. The maximum Gasteiger partial charge on any atom is 0.120 e. The van der Waals surface area contributed by atoms with Crippen molar-refractivity contribution < 1.29 is 4.74 Å². The summed E-state index contributed by atoms with van der Waals surface area (Å²) < 4.78 is 5.88. The van der Waals surface area contributed by atoms with E-state index in [1.807, 2.05) is 24.3 Å². The molecule has 0 atom stereocenters. The van der Waals surface area contributed by atoms with Gasteiger partial charge in [0.15, 0.2) is 0 Å². The van der Waals surface area contributed by atoms with Crippen molar-refractivity contribution in [1.82, 2.24) is 15.5 Å². The van der Waals surface area contributed by atoms with Crippen LogP contribution in [-0.2, 0) is 13.2 Å². The largest absolute Gasteiger partial charge is 0.489 e. The highest BCUT2D eigenvalue weighted by atomic mass is 35.5. The van der Waals surface area contributed by atoms with Crippen LogP contribution in [0, 0.1) is 0 Å². The Hall–Kier alpha value is -1.30. The molecule has 4 nitrogen and oxygen atoms in total. The standard InChI is InChI=1S/C20H25Cl2N3O/c21-19-5-4-17(13-20(19)22)15-26-18-3-1-2-16(12-18)14-24-8-11-25-9-6-23-7-10-25/h1-5,12-13,23-24H,6-11,14-15H2. The van der Waals surface area contributed by atoms with Gasteiger partial charge in [0.05, 0.1) is 10.0 Å². The fraction of sp³-hybridized carbons (Fsp3) is 0.400. The van der Waals surface area contributed by atoms with Gasteiger partial charge in [0.25, 0.3) is 0 Å². The average molecular weight is 394 g/mol. The number of nitrogens with zero attached hydrogens (tertiary/aromatic N) is 1. The highest BCUT2D eigenvalue weighted by Gasteiger charge is 2.08. The summed E-state index contributed by atoms with van der Waals surface area (Å²) in [5.41, 5.74) is 2.22. The summed E-state index contributed by atoms with van der Waals surface area (Å²) >= 11 is 12.0. The van der Waals surface area contributed by atoms with Crippen LogP contribution in [0.3, 0.4) is 0 Å². The van der Waals surface area contributed by atoms with E-state index in [1.165, 1.54) is 5.56 Å². The van der Waals surface area contributed by atoms with Crippen molar-refractivity contribution in [3.05, 3.63) is 63.6 Å². The molecule has 1 aliphatic heterocycles. The monoisotopic (exact) mass is 393 g/mol. The third-order valence-corrected chi connectivity index (χ3v) is 5.17. The van der Waals surface area contributed by atoms with E-state index in [4.69, 9.17) is 27.9 Å². The Morgan fingerprint density at radius 3 is 2.65 bits per heavy atom. The van der Waals surface area contributed by atoms with Gasteiger partial charge in [-0.1, -0.05) is 41.4 Å². The molecule has 0 aromatic heterocycles. The Kier molecular flexibility index (Phi) is 7.59. The molecule has 1 saturated heterocycles. The molecule has 2 aromatic carbocycles. The van der Waals surface area contributed by atoms with Crippen LogP contribution in [-0.4, -0.2) is 44.2 Å². The molecule has 0 saturated carbocycles. The number of rotatable bonds is 8. The van der Waals surface area contributed by atoms with Gasteiger partial charge >= 0.3 is 0 Å². The summed E-state index contributed by atoms with van der Waals surface area (Å²) in [6.07, 6.45) is 0. The SMILES string of the molecule is Clc1ccc(COc2cccc(CNCCN3CCNCC3)c2)cc1Cl. The molecule has 1 heterocycles. The molecule has 3 rings (SSSR count). The lowest BCUT2D eigenvalue weighted by Gasteiger charge is -2.27. The molecule has 2 aromatic rings. The number of hydrogen-bond acceptors (Lipinski definition) is 4. The lowest BCUT2D eigenvalue weighted by molar-refractivity contribution is 0.241. The Balaban J connectivity index is 1.43. The second-order valence-electron chi connectivity index (χ2n) is 6.45. The van der Waals surface area contributed by atoms with E-state index in [1.54, 1.807) is 6.07 Å². The second kappa shape index (κ2) is 10.1. The molecule has 6 heteroatoms. The van der Waals surface area contributed by atoms with Gasteiger partial charge in [-0.2, -0.15) is 0 Å². The zero-order valence-electron chi connectivity index (χ0n) is 14.8. The molecule has 0 spiro atoms. The van der Waals surface area contributed by atoms with Crippen LogP contribution in [0.25, 0.3) is 0 Å². The minimum atomic E-state index is 0.469. The van der Waals surface area contributed by atoms with Crippen LogP contribution in [0.15, 0.2) is 42.5 Å². The summed E-state index contributed by atoms with van der Waals surface area (Å²) in [4.78, 5) is 2.49. The van der Waals surface area contributed by atoms with Crippen molar-refractivity contribution >= 4 is 23.2 Å². The van der Waals surface area contributed by atoms with Crippen molar-refractivity contribution in [1.29, 1.82) is 0 Å². The molecule has 0 unspecified atom stereocenters. The maximum atomic E-state index is 6.05. The fourth-order valence-corrected chi connectivity index (χ4v) is 3.27. The molecule has 0 radical (unpaired) electrons. The number of nitrogens with one attached hydrogen (secondary N) is 2. The fourth-order valence-electron chi connectivity index (χ4n) is 2.95. The third-order valence-electron chi connectivity index (χ3n) is 4.43. The Bertz CT molecular complexity index is 705. The number of piperazine rings is 1. The second-order valence-corrected chi connectivity index (χ2v) is 7.27. The van der Waals surface area contributed by atoms with Crippen molar-refractivity contribution in [2.24, 2.45) is 0 Å². The summed E-state index contributed by atoms with van der Waals surface area (Å²) in [7, 11) is 0. The lowest BCUT2D eigenvalue weighted by atomic mass is 10.2. The summed E-state index contributed by atoms with van der Waals surface area (Å²) in [6, 6.07) is 13.8. The Morgan fingerprint density at radius 2 is 1.85 bits per heavy atom. The first-order valence-corrected chi connectivity index (χ1v) is 9.76. The molecular weight excluding hydrogens is 369 g/mol. The van der Waals surface area contributed by atoms with E-state index in [9.17, 15) is 0 Å². The van der Waals surface area contributed by atoms with E-state index < -0.39 is 0 Å². The Morgan fingerprint density at radius 1 is 1.00 bits per heavy atom. The zero-order chi connectivity index (χ0) is 18.2. The van der Waals surface area contributed by atoms with Crippen LogP contribution in [0.2, 0.25) is 10.0 Å². The lowest BCUT2D eigenvalue weighted by Crippen LogP contribution is -2.45. The van der Waals surface area contributed by atoms with Crippen LogP contribution in [0.4, 0.5) is 0 Å². The molecular formula is C20H25Cl2N3O. The number of ether oxygens (including phenoxy) is 1. The molecule has 140 valence electrons. The smallest absolute Gasteiger partial charge is 0.120 e. The van der Waals surface area contributed by atoms with E-state index >= 15 is 0 Å². The molecule has 2 N–H and O–H groups in total. The predicted octanol–water partition coefficient (Wildman–Crippen LogP) is 3.57. The first kappa shape index (κ1) is 19.5. The van der Waals surface area contributed by atoms with E-state index in [-0.39, 0.29) is 0 Å². The molecule has 0 amide bonds. The van der Waals surface area contributed by atoms with Crippen LogP contribution in [0.5, 0.6) is 5.75 Å². The van der Waals surface area contributed by atoms with Gasteiger partial charge in [-0.3, -0.25) is 4.90 Å². The summed E-state index contributed by atoms with van der Waals surface area (Å²) in [5, 5.41) is 8.00. The molecule has 1 aliphatic rings. The number of benzene rings is 2. The molecule has 0 bridgehead atoms. The third kappa shape index (κ3) is 6.15. The highest BCUT2D eigenvalue weighted by molar-refractivity contribution is 6.42. The molecule has 1 fully saturated rings. The normalized spacial score (nSPS) is 15.2. The van der Waals surface area contributed by atoms with Gasteiger partial charge in [0.2, 0.25) is 0 Å². The van der Waals surface area contributed by atoms with Gasteiger partial charge in [0.1, 0.15) is 12.4 Å². The van der Waals surface area contributed by atoms with Gasteiger partial charge in [0, 0.05) is 45.8 Å². The van der Waals surface area contributed by atoms with E-state index in [0.717, 1.165) is 57.1 Å². The maximum absolute atomic E-state index is 6.05. The van der Waals surface area contributed by atoms with Crippen molar-refractivity contribution in [3.8, 4) is 5.75 Å². The number of hydrogen-bond donors (Lipinski definition) is 2. The van der Waals surface area contributed by atoms with E-state index in [0.29, 0.717) is 16.7 Å². The van der Waals surface area contributed by atoms with E-state index in [2.05, 4.69) is 27.7 Å². The topological polar surface area (TPSA) is 36.5 Å². The first-order valence-electron chi connectivity index (χ1n) is 9.00. The molecule has 26 heavy (non-hydrogen) atoms. The van der Waals surface area contributed by atoms with Crippen molar-refractivity contribution in [3.63, 3.8) is 0 Å². The summed E-state index contributed by atoms with van der Waals surface area (Å²) in [5.74, 6) is 0.859. The minimum Gasteiger partial charge on any atom is -0.489 e. The quantitative estimate of drug-likeness (QED) is 0.672. The van der Waals surface area contributed by atoms with Gasteiger partial charge in [-0.05, 0) is 35.4 Å². The van der Waals surface area contributed by atoms with Crippen molar-refractivity contribution in [2.75, 3.05) is 39.3 Å².